The molecule has 0 saturated heterocycles. The Morgan fingerprint density at radius 3 is 2.20 bits per heavy atom. The van der Waals surface area contributed by atoms with Crippen molar-refractivity contribution in [1.29, 1.82) is 0 Å². The molecule has 1 amide bonds. The molecule has 5 nitrogen and oxygen atoms in total. The molecule has 0 aliphatic heterocycles. The monoisotopic (exact) mass is 480 g/mol. The third-order valence-electron chi connectivity index (χ3n) is 6.48. The fourth-order valence-electron chi connectivity index (χ4n) is 4.28. The molecule has 192 valence electrons. The summed E-state index contributed by atoms with van der Waals surface area (Å²) in [6, 6.07) is 17.2. The third kappa shape index (κ3) is 9.85. The van der Waals surface area contributed by atoms with Crippen LogP contribution in [0.1, 0.15) is 83.3 Å². The molecule has 0 bridgehead atoms. The van der Waals surface area contributed by atoms with Crippen LogP contribution in [0.3, 0.4) is 0 Å². The van der Waals surface area contributed by atoms with Crippen molar-refractivity contribution in [1.82, 2.24) is 5.32 Å². The van der Waals surface area contributed by atoms with E-state index in [4.69, 9.17) is 10.5 Å². The maximum Gasteiger partial charge on any atom is 0.236 e. The Balaban J connectivity index is 2.11. The lowest BCUT2D eigenvalue weighted by Gasteiger charge is -2.22. The maximum atomic E-state index is 13.2. The number of amides is 1. The topological polar surface area (TPSA) is 81.4 Å². The largest absolute Gasteiger partial charge is 0.493 e. The number of hydrogen-bond acceptors (Lipinski definition) is 4. The van der Waals surface area contributed by atoms with Gasteiger partial charge in [0.05, 0.1) is 12.6 Å². The average molecular weight is 481 g/mol. The van der Waals surface area contributed by atoms with Crippen LogP contribution in [0.5, 0.6) is 5.75 Å². The lowest BCUT2D eigenvalue weighted by molar-refractivity contribution is -0.123. The van der Waals surface area contributed by atoms with Gasteiger partial charge < -0.3 is 15.8 Å². The van der Waals surface area contributed by atoms with E-state index >= 15 is 0 Å². The highest BCUT2D eigenvalue weighted by Gasteiger charge is 2.23. The Bertz CT molecular complexity index is 896. The fraction of sp³-hybridized carbons (Fsp3) is 0.533. The molecular formula is C30H44N2O3. The second-order valence-corrected chi connectivity index (χ2v) is 10.3. The highest BCUT2D eigenvalue weighted by molar-refractivity contribution is 5.86. The predicted octanol–water partition coefficient (Wildman–Crippen LogP) is 5.84. The van der Waals surface area contributed by atoms with Crippen LogP contribution < -0.4 is 15.8 Å². The van der Waals surface area contributed by atoms with Crippen molar-refractivity contribution in [2.45, 2.75) is 78.2 Å². The Morgan fingerprint density at radius 1 is 0.943 bits per heavy atom. The van der Waals surface area contributed by atoms with Gasteiger partial charge >= 0.3 is 0 Å². The van der Waals surface area contributed by atoms with E-state index in [9.17, 15) is 9.59 Å². The quantitative estimate of drug-likeness (QED) is 0.336. The summed E-state index contributed by atoms with van der Waals surface area (Å²) in [4.78, 5) is 25.8. The first-order valence-electron chi connectivity index (χ1n) is 13.0. The number of ether oxygens (including phenoxy) is 1. The van der Waals surface area contributed by atoms with Crippen LogP contribution in [-0.4, -0.2) is 30.9 Å². The van der Waals surface area contributed by atoms with Gasteiger partial charge in [0.1, 0.15) is 11.5 Å². The smallest absolute Gasteiger partial charge is 0.236 e. The highest BCUT2D eigenvalue weighted by Crippen LogP contribution is 2.27. The van der Waals surface area contributed by atoms with Gasteiger partial charge in [-0.15, -0.1) is 0 Å². The molecule has 0 aromatic heterocycles. The summed E-state index contributed by atoms with van der Waals surface area (Å²) in [6.07, 6.45) is 3.25. The van der Waals surface area contributed by atoms with Crippen molar-refractivity contribution in [3.8, 4) is 5.75 Å². The lowest BCUT2D eigenvalue weighted by atomic mass is 9.87. The van der Waals surface area contributed by atoms with Gasteiger partial charge in [0.2, 0.25) is 5.91 Å². The fourth-order valence-corrected chi connectivity index (χ4v) is 4.28. The third-order valence-corrected chi connectivity index (χ3v) is 6.48. The molecule has 0 aliphatic carbocycles. The Hall–Kier alpha value is -2.66. The number of rotatable bonds is 15. The van der Waals surface area contributed by atoms with Gasteiger partial charge in [-0.05, 0) is 47.9 Å². The minimum atomic E-state index is -0.546. The van der Waals surface area contributed by atoms with Gasteiger partial charge in [-0.3, -0.25) is 9.59 Å². The van der Waals surface area contributed by atoms with Gasteiger partial charge in [-0.2, -0.15) is 0 Å². The van der Waals surface area contributed by atoms with E-state index in [0.29, 0.717) is 37.8 Å². The minimum Gasteiger partial charge on any atom is -0.493 e. The number of carbonyl (C=O) groups is 2. The summed E-state index contributed by atoms with van der Waals surface area (Å²) in [5, 5.41) is 2.99. The Kier molecular flexibility index (Phi) is 12.0. The summed E-state index contributed by atoms with van der Waals surface area (Å²) >= 11 is 0. The SMILES string of the molecule is CCCC(C)COc1ccc([C@H](CNC(=O)[C@H](N)CC(C)C)CC(=O)[C@@H](C)c2ccccc2)cc1. The van der Waals surface area contributed by atoms with Crippen LogP contribution in [0.15, 0.2) is 54.6 Å². The van der Waals surface area contributed by atoms with E-state index < -0.39 is 6.04 Å². The molecule has 35 heavy (non-hydrogen) atoms. The molecule has 0 fully saturated rings. The zero-order chi connectivity index (χ0) is 25.8. The van der Waals surface area contributed by atoms with Crippen molar-refractivity contribution >= 4 is 11.7 Å². The van der Waals surface area contributed by atoms with Gasteiger partial charge in [0.15, 0.2) is 0 Å². The molecule has 0 heterocycles. The number of Topliss-reactive ketones (excluding diaryl/α,β-unsaturated/α-hetero) is 1. The van der Waals surface area contributed by atoms with E-state index in [1.165, 1.54) is 0 Å². The maximum absolute atomic E-state index is 13.2. The van der Waals surface area contributed by atoms with Crippen molar-refractivity contribution in [3.05, 3.63) is 65.7 Å². The van der Waals surface area contributed by atoms with Gasteiger partial charge in [0.25, 0.3) is 0 Å². The molecule has 2 rings (SSSR count). The summed E-state index contributed by atoms with van der Waals surface area (Å²) in [7, 11) is 0. The normalized spacial score (nSPS) is 14.7. The number of hydrogen-bond donors (Lipinski definition) is 2. The molecule has 4 atom stereocenters. The molecule has 2 aromatic rings. The molecule has 0 saturated carbocycles. The Labute approximate surface area is 211 Å². The number of nitrogens with one attached hydrogen (secondary N) is 1. The van der Waals surface area contributed by atoms with Gasteiger partial charge in [-0.1, -0.05) is 83.5 Å². The van der Waals surface area contributed by atoms with Crippen molar-refractivity contribution < 1.29 is 14.3 Å². The lowest BCUT2D eigenvalue weighted by Crippen LogP contribution is -2.43. The van der Waals surface area contributed by atoms with E-state index in [0.717, 1.165) is 29.7 Å². The van der Waals surface area contributed by atoms with Crippen LogP contribution in [0.2, 0.25) is 0 Å². The molecular weight excluding hydrogens is 436 g/mol. The number of carbonyl (C=O) groups excluding carboxylic acids is 2. The minimum absolute atomic E-state index is 0.142. The van der Waals surface area contributed by atoms with Crippen LogP contribution in [0, 0.1) is 11.8 Å². The standard InChI is InChI=1S/C30H44N2O3/c1-6-10-22(4)20-35-27-15-13-25(14-16-27)26(19-32-30(34)28(31)17-21(2)3)18-29(33)23(5)24-11-8-7-9-12-24/h7-9,11-16,21-23,26,28H,6,10,17-20,31H2,1-5H3,(H,32,34)/t22?,23-,26-,28+/m0/s1. The molecule has 1 unspecified atom stereocenters. The van der Waals surface area contributed by atoms with E-state index in [1.54, 1.807) is 0 Å². The molecule has 0 spiro atoms. The number of benzene rings is 2. The predicted molar refractivity (Wildman–Crippen MR) is 144 cm³/mol. The Morgan fingerprint density at radius 2 is 1.60 bits per heavy atom. The molecule has 0 aliphatic rings. The summed E-state index contributed by atoms with van der Waals surface area (Å²) in [6.45, 7) is 11.5. The van der Waals surface area contributed by atoms with Crippen LogP contribution in [0.4, 0.5) is 0 Å². The zero-order valence-corrected chi connectivity index (χ0v) is 22.1. The number of nitrogens with two attached hydrogens (primary N) is 1. The van der Waals surface area contributed by atoms with E-state index in [1.807, 2.05) is 75.4 Å². The first-order chi connectivity index (χ1) is 16.7. The van der Waals surface area contributed by atoms with Crippen LogP contribution >= 0.6 is 0 Å². The molecule has 5 heteroatoms. The summed E-state index contributed by atoms with van der Waals surface area (Å²) in [5.41, 5.74) is 8.08. The first kappa shape index (κ1) is 28.6. The molecule has 3 N–H and O–H groups in total. The summed E-state index contributed by atoms with van der Waals surface area (Å²) < 4.78 is 5.95. The van der Waals surface area contributed by atoms with Crippen LogP contribution in [-0.2, 0) is 9.59 Å². The second kappa shape index (κ2) is 14.7. The highest BCUT2D eigenvalue weighted by atomic mass is 16.5. The van der Waals surface area contributed by atoms with Crippen LogP contribution in [0.25, 0.3) is 0 Å². The van der Waals surface area contributed by atoms with Crippen molar-refractivity contribution in [3.63, 3.8) is 0 Å². The average Bonchev–Trinajstić information content (AvgIpc) is 2.85. The molecule has 0 radical (unpaired) electrons. The zero-order valence-electron chi connectivity index (χ0n) is 22.1. The van der Waals surface area contributed by atoms with E-state index in [-0.39, 0.29) is 23.5 Å². The van der Waals surface area contributed by atoms with E-state index in [2.05, 4.69) is 19.2 Å². The second-order valence-electron chi connectivity index (χ2n) is 10.3. The van der Waals surface area contributed by atoms with Gasteiger partial charge in [0, 0.05) is 24.8 Å². The first-order valence-corrected chi connectivity index (χ1v) is 13.0. The summed E-state index contributed by atoms with van der Waals surface area (Å²) in [5.74, 6) is 1.30. The molecule has 2 aromatic carbocycles. The number of ketones is 1. The van der Waals surface area contributed by atoms with Gasteiger partial charge in [-0.25, -0.2) is 0 Å². The van der Waals surface area contributed by atoms with Crippen molar-refractivity contribution in [2.75, 3.05) is 13.2 Å². The van der Waals surface area contributed by atoms with Crippen molar-refractivity contribution in [2.24, 2.45) is 17.6 Å².